The molecule has 0 bridgehead atoms. The maximum Gasteiger partial charge on any atom is 0.305 e. The highest BCUT2D eigenvalue weighted by Gasteiger charge is 2.23. The van der Waals surface area contributed by atoms with Crippen LogP contribution in [0.15, 0.2) is 73.2 Å². The molecular weight excluding hydrogens is 451 g/mol. The smallest absolute Gasteiger partial charge is 0.305 e. The molecule has 8 nitrogen and oxygen atoms in total. The van der Waals surface area contributed by atoms with Crippen molar-refractivity contribution in [2.24, 2.45) is 0 Å². The highest BCUT2D eigenvalue weighted by molar-refractivity contribution is 5.80. The van der Waals surface area contributed by atoms with E-state index in [4.69, 9.17) is 10.1 Å². The van der Waals surface area contributed by atoms with Crippen LogP contribution in [0.4, 0.5) is 4.39 Å². The molecule has 3 N–H and O–H groups in total. The summed E-state index contributed by atoms with van der Waals surface area (Å²) in [6.45, 7) is 0.315. The number of hydrogen-bond donors (Lipinski definition) is 3. The molecule has 0 aliphatic carbocycles. The number of hydrogen-bond acceptors (Lipinski definition) is 6. The second-order valence-corrected chi connectivity index (χ2v) is 8.18. The average molecular weight is 477 g/mol. The van der Waals surface area contributed by atoms with Crippen LogP contribution < -0.4 is 0 Å². The number of imidazole rings is 1. The van der Waals surface area contributed by atoms with Gasteiger partial charge in [-0.3, -0.25) is 4.79 Å². The summed E-state index contributed by atoms with van der Waals surface area (Å²) in [6, 6.07) is 17.3. The van der Waals surface area contributed by atoms with Crippen molar-refractivity contribution in [2.75, 3.05) is 0 Å². The highest BCUT2D eigenvalue weighted by atomic mass is 19.1. The van der Waals surface area contributed by atoms with Crippen LogP contribution in [-0.4, -0.2) is 53.0 Å². The Bertz CT molecular complexity index is 1260. The molecule has 0 radical (unpaired) electrons. The van der Waals surface area contributed by atoms with Gasteiger partial charge in [0.2, 0.25) is 0 Å². The van der Waals surface area contributed by atoms with E-state index in [1.165, 1.54) is 18.5 Å². The minimum absolute atomic E-state index is 0.0632. The monoisotopic (exact) mass is 476 g/mol. The Kier molecular flexibility index (Phi) is 7.59. The van der Waals surface area contributed by atoms with E-state index in [1.54, 1.807) is 24.4 Å². The largest absolute Gasteiger partial charge is 0.481 e. The van der Waals surface area contributed by atoms with Crippen LogP contribution in [0.3, 0.4) is 0 Å². The Morgan fingerprint density at radius 3 is 2.37 bits per heavy atom. The number of halogens is 1. The fourth-order valence-corrected chi connectivity index (χ4v) is 3.98. The second-order valence-electron chi connectivity index (χ2n) is 8.18. The molecule has 0 aliphatic rings. The summed E-state index contributed by atoms with van der Waals surface area (Å²) >= 11 is 0. The van der Waals surface area contributed by atoms with Crippen LogP contribution >= 0.6 is 0 Å². The highest BCUT2D eigenvalue weighted by Crippen LogP contribution is 2.36. The Morgan fingerprint density at radius 1 is 0.971 bits per heavy atom. The molecule has 0 fully saturated rings. The lowest BCUT2D eigenvalue weighted by Gasteiger charge is -2.17. The molecule has 2 aromatic heterocycles. The van der Waals surface area contributed by atoms with Crippen LogP contribution in [0, 0.1) is 5.82 Å². The summed E-state index contributed by atoms with van der Waals surface area (Å²) < 4.78 is 15.7. The summed E-state index contributed by atoms with van der Waals surface area (Å²) in [4.78, 5) is 24.1. The van der Waals surface area contributed by atoms with E-state index >= 15 is 0 Å². The van der Waals surface area contributed by atoms with E-state index in [2.05, 4.69) is 9.97 Å². The summed E-state index contributed by atoms with van der Waals surface area (Å²) in [5.41, 5.74) is 3.43. The van der Waals surface area contributed by atoms with Gasteiger partial charge in [0.1, 0.15) is 23.7 Å². The fourth-order valence-electron chi connectivity index (χ4n) is 3.98. The number of aliphatic hydroxyl groups excluding tert-OH is 2. The number of nitrogens with zero attached hydrogens (tertiary/aromatic N) is 4. The van der Waals surface area contributed by atoms with E-state index in [0.29, 0.717) is 29.5 Å². The molecule has 0 amide bonds. The van der Waals surface area contributed by atoms with Crippen molar-refractivity contribution in [2.45, 2.75) is 38.0 Å². The molecule has 0 saturated carbocycles. The van der Waals surface area contributed by atoms with Crippen LogP contribution in [0.1, 0.15) is 19.3 Å². The Balaban J connectivity index is 1.78. The van der Waals surface area contributed by atoms with E-state index < -0.39 is 24.6 Å². The first-order valence-electron chi connectivity index (χ1n) is 11.2. The number of aromatic nitrogens is 4. The van der Waals surface area contributed by atoms with Crippen molar-refractivity contribution in [1.29, 1.82) is 0 Å². The van der Waals surface area contributed by atoms with Gasteiger partial charge in [-0.05, 0) is 43.2 Å². The third-order valence-corrected chi connectivity index (χ3v) is 5.58. The topological polar surface area (TPSA) is 121 Å². The molecule has 2 heterocycles. The van der Waals surface area contributed by atoms with E-state index in [0.717, 1.165) is 11.1 Å². The Morgan fingerprint density at radius 2 is 1.71 bits per heavy atom. The predicted octanol–water partition coefficient (Wildman–Crippen LogP) is 3.79. The third-order valence-electron chi connectivity index (χ3n) is 5.58. The average Bonchev–Trinajstić information content (AvgIpc) is 3.23. The zero-order valence-corrected chi connectivity index (χ0v) is 18.8. The van der Waals surface area contributed by atoms with Crippen molar-refractivity contribution in [1.82, 2.24) is 19.5 Å². The minimum atomic E-state index is -1.15. The van der Waals surface area contributed by atoms with Crippen molar-refractivity contribution < 1.29 is 24.5 Å². The van der Waals surface area contributed by atoms with Crippen molar-refractivity contribution in [3.05, 3.63) is 79.0 Å². The van der Waals surface area contributed by atoms with Gasteiger partial charge in [0.25, 0.3) is 0 Å². The van der Waals surface area contributed by atoms with Crippen LogP contribution in [0.25, 0.3) is 34.0 Å². The Labute approximate surface area is 201 Å². The van der Waals surface area contributed by atoms with Gasteiger partial charge < -0.3 is 19.9 Å². The molecule has 9 heteroatoms. The van der Waals surface area contributed by atoms with Gasteiger partial charge in [-0.15, -0.1) is 0 Å². The number of carboxylic acids is 1. The molecule has 0 spiro atoms. The van der Waals surface area contributed by atoms with Crippen LogP contribution in [-0.2, 0) is 11.3 Å². The first-order valence-corrected chi connectivity index (χ1v) is 11.2. The third kappa shape index (κ3) is 5.95. The van der Waals surface area contributed by atoms with Gasteiger partial charge in [-0.2, -0.15) is 0 Å². The minimum Gasteiger partial charge on any atom is -0.481 e. The van der Waals surface area contributed by atoms with Gasteiger partial charge in [0.05, 0.1) is 30.0 Å². The normalized spacial score (nSPS) is 12.9. The van der Waals surface area contributed by atoms with E-state index in [9.17, 15) is 19.4 Å². The van der Waals surface area contributed by atoms with Crippen molar-refractivity contribution in [3.8, 4) is 34.0 Å². The first kappa shape index (κ1) is 24.2. The van der Waals surface area contributed by atoms with Crippen LogP contribution in [0.2, 0.25) is 0 Å². The molecule has 0 saturated heterocycles. The SMILES string of the molecule is O=C(O)C[C@@H](O)C[C@@H](O)CCn1c(-c2ccccc2)nc(-c2ccncn2)c1-c1ccc(F)cc1. The summed E-state index contributed by atoms with van der Waals surface area (Å²) in [7, 11) is 0. The zero-order chi connectivity index (χ0) is 24.8. The number of aliphatic hydroxyl groups is 2. The molecule has 2 aromatic carbocycles. The molecule has 4 rings (SSSR count). The van der Waals surface area contributed by atoms with Gasteiger partial charge in [0, 0.05) is 23.9 Å². The van der Waals surface area contributed by atoms with Gasteiger partial charge >= 0.3 is 5.97 Å². The number of carboxylic acid groups (broad SMARTS) is 1. The van der Waals surface area contributed by atoms with Crippen molar-refractivity contribution in [3.63, 3.8) is 0 Å². The first-order chi connectivity index (χ1) is 16.9. The molecule has 4 aromatic rings. The summed E-state index contributed by atoms with van der Waals surface area (Å²) in [5, 5.41) is 29.3. The van der Waals surface area contributed by atoms with Gasteiger partial charge in [0.15, 0.2) is 0 Å². The van der Waals surface area contributed by atoms with Crippen LogP contribution in [0.5, 0.6) is 0 Å². The molecule has 35 heavy (non-hydrogen) atoms. The molecule has 2 atom stereocenters. The lowest BCUT2D eigenvalue weighted by molar-refractivity contribution is -0.139. The molecule has 180 valence electrons. The molecular formula is C26H25FN4O4. The number of carbonyl (C=O) groups is 1. The second kappa shape index (κ2) is 11.0. The maximum absolute atomic E-state index is 13.7. The predicted molar refractivity (Wildman–Crippen MR) is 128 cm³/mol. The number of aliphatic carboxylic acids is 1. The van der Waals surface area contributed by atoms with Crippen molar-refractivity contribution >= 4 is 5.97 Å². The zero-order valence-electron chi connectivity index (χ0n) is 18.8. The lowest BCUT2D eigenvalue weighted by atomic mass is 10.1. The number of rotatable bonds is 10. The fraction of sp³-hybridized carbons (Fsp3) is 0.231. The lowest BCUT2D eigenvalue weighted by Crippen LogP contribution is -2.22. The molecule has 0 aliphatic heterocycles. The number of benzene rings is 2. The standard InChI is InChI=1S/C26H25FN4O4/c27-19-8-6-17(7-9-19)25-24(22-10-12-28-16-29-22)30-26(18-4-2-1-3-5-18)31(25)13-11-20(32)14-21(33)15-23(34)35/h1-10,12,16,20-21,32-33H,11,13-15H2,(H,34,35)/t20-,21-/m0/s1. The summed E-state index contributed by atoms with van der Waals surface area (Å²) in [5.74, 6) is -0.856. The quantitative estimate of drug-likeness (QED) is 0.318. The van der Waals surface area contributed by atoms with Gasteiger partial charge in [-0.25, -0.2) is 19.3 Å². The van der Waals surface area contributed by atoms with E-state index in [-0.39, 0.29) is 18.7 Å². The summed E-state index contributed by atoms with van der Waals surface area (Å²) in [6.07, 6.45) is 0.711. The van der Waals surface area contributed by atoms with E-state index in [1.807, 2.05) is 34.9 Å². The maximum atomic E-state index is 13.7. The van der Waals surface area contributed by atoms with Gasteiger partial charge in [-0.1, -0.05) is 30.3 Å². The molecule has 0 unspecified atom stereocenters. The Hall–Kier alpha value is -3.95.